The molecule has 0 amide bonds. The predicted octanol–water partition coefficient (Wildman–Crippen LogP) is -0.731. The van der Waals surface area contributed by atoms with Crippen molar-refractivity contribution in [2.45, 2.75) is 26.2 Å². The molecule has 2 aromatic rings. The fourth-order valence-electron chi connectivity index (χ4n) is 2.25. The standard InChI is InChI=1S/C15H15O.ClHO4/c1-11-5-7-13(8-6-11)15-10-9-12-3-2-4-14(12)16-15;2-1(3,4)5/h5-10H,2-4H2,1H3;(H,2,3,4,5)/q+1;/p-1. The summed E-state index contributed by atoms with van der Waals surface area (Å²) in [5, 5.41) is 0. The highest BCUT2D eigenvalue weighted by Gasteiger charge is 2.24. The lowest BCUT2D eigenvalue weighted by Gasteiger charge is -2.17. The van der Waals surface area contributed by atoms with Crippen LogP contribution in [-0.4, -0.2) is 0 Å². The van der Waals surface area contributed by atoms with E-state index in [0.29, 0.717) is 0 Å². The van der Waals surface area contributed by atoms with E-state index in [1.807, 2.05) is 0 Å². The first kappa shape index (κ1) is 15.9. The minimum atomic E-state index is -4.94. The molecule has 0 aliphatic heterocycles. The van der Waals surface area contributed by atoms with Crippen LogP contribution in [0.1, 0.15) is 23.3 Å². The third-order valence-corrected chi connectivity index (χ3v) is 3.21. The van der Waals surface area contributed by atoms with E-state index in [0.717, 1.165) is 12.2 Å². The molecule has 5 nitrogen and oxygen atoms in total. The highest BCUT2D eigenvalue weighted by Crippen LogP contribution is 2.28. The lowest BCUT2D eigenvalue weighted by Crippen LogP contribution is -2.68. The monoisotopic (exact) mass is 310 g/mol. The van der Waals surface area contributed by atoms with E-state index in [9.17, 15) is 0 Å². The Kier molecular flexibility index (Phi) is 4.92. The van der Waals surface area contributed by atoms with Gasteiger partial charge in [-0.3, -0.25) is 0 Å². The molecule has 0 bridgehead atoms. The van der Waals surface area contributed by atoms with E-state index < -0.39 is 10.2 Å². The van der Waals surface area contributed by atoms with Crippen molar-refractivity contribution in [3.05, 3.63) is 53.3 Å². The van der Waals surface area contributed by atoms with Crippen molar-refractivity contribution in [1.29, 1.82) is 0 Å². The molecule has 1 aliphatic rings. The summed E-state index contributed by atoms with van der Waals surface area (Å²) in [6.07, 6.45) is 3.50. The van der Waals surface area contributed by atoms with Crippen molar-refractivity contribution < 1.29 is 33.3 Å². The fourth-order valence-corrected chi connectivity index (χ4v) is 2.25. The predicted molar refractivity (Wildman–Crippen MR) is 65.3 cm³/mol. The van der Waals surface area contributed by atoms with Gasteiger partial charge in [0.15, 0.2) is 0 Å². The van der Waals surface area contributed by atoms with Crippen LogP contribution in [-0.2, 0) is 12.8 Å². The molecule has 3 rings (SSSR count). The molecular weight excluding hydrogens is 296 g/mol. The molecule has 0 saturated carbocycles. The zero-order valence-electron chi connectivity index (χ0n) is 11.5. The van der Waals surface area contributed by atoms with E-state index in [1.165, 1.54) is 35.3 Å². The average Bonchev–Trinajstić information content (AvgIpc) is 2.84. The summed E-state index contributed by atoms with van der Waals surface area (Å²) < 4.78 is 39.9. The third-order valence-electron chi connectivity index (χ3n) is 3.21. The van der Waals surface area contributed by atoms with Gasteiger partial charge in [0.1, 0.15) is 0 Å². The highest BCUT2D eigenvalue weighted by atomic mass is 35.7. The van der Waals surface area contributed by atoms with Crippen molar-refractivity contribution in [3.8, 4) is 11.3 Å². The quantitative estimate of drug-likeness (QED) is 0.646. The van der Waals surface area contributed by atoms with E-state index >= 15 is 0 Å². The van der Waals surface area contributed by atoms with Crippen LogP contribution in [0.5, 0.6) is 0 Å². The smallest absolute Gasteiger partial charge is 0.222 e. The van der Waals surface area contributed by atoms with Gasteiger partial charge in [-0.25, -0.2) is 23.1 Å². The van der Waals surface area contributed by atoms with Crippen LogP contribution in [0.4, 0.5) is 0 Å². The summed E-state index contributed by atoms with van der Waals surface area (Å²) in [6.45, 7) is 2.10. The minimum absolute atomic E-state index is 0.987. The Morgan fingerprint density at radius 2 is 1.52 bits per heavy atom. The summed E-state index contributed by atoms with van der Waals surface area (Å²) >= 11 is 0. The molecular formula is C15H15ClO5. The molecule has 6 heteroatoms. The molecule has 1 heterocycles. The molecule has 0 unspecified atom stereocenters. The maximum Gasteiger partial charge on any atom is 0.360 e. The van der Waals surface area contributed by atoms with Crippen molar-refractivity contribution in [3.63, 3.8) is 0 Å². The lowest BCUT2D eigenvalue weighted by molar-refractivity contribution is -2.00. The molecule has 0 N–H and O–H groups in total. The highest BCUT2D eigenvalue weighted by molar-refractivity contribution is 5.58. The molecule has 1 aliphatic carbocycles. The van der Waals surface area contributed by atoms with Gasteiger partial charge in [-0.2, -0.15) is 0 Å². The number of rotatable bonds is 1. The number of aryl methyl sites for hydroxylation is 3. The number of halogens is 1. The SMILES string of the molecule is Cc1ccc(-c2ccc3c([o+]2)CCC3)cc1.[O-][Cl+3]([O-])([O-])[O-]. The Morgan fingerprint density at radius 3 is 2.14 bits per heavy atom. The van der Waals surface area contributed by atoms with E-state index in [-0.39, 0.29) is 0 Å². The normalized spacial score (nSPS) is 13.4. The summed E-state index contributed by atoms with van der Waals surface area (Å²) in [4.78, 5) is 0. The van der Waals surface area contributed by atoms with Gasteiger partial charge in [0.2, 0.25) is 0 Å². The molecule has 1 aromatic heterocycles. The van der Waals surface area contributed by atoms with Gasteiger partial charge >= 0.3 is 11.5 Å². The van der Waals surface area contributed by atoms with Gasteiger partial charge in [-0.05, 0) is 38.0 Å². The van der Waals surface area contributed by atoms with E-state index in [1.54, 1.807) is 0 Å². The second kappa shape index (κ2) is 6.51. The molecule has 0 atom stereocenters. The zero-order chi connectivity index (χ0) is 15.5. The molecule has 1 aromatic carbocycles. The summed E-state index contributed by atoms with van der Waals surface area (Å²) in [7, 11) is -4.94. The molecule has 0 radical (unpaired) electrons. The minimum Gasteiger partial charge on any atom is -0.222 e. The summed E-state index contributed by atoms with van der Waals surface area (Å²) in [5.74, 6) is 2.17. The van der Waals surface area contributed by atoms with Gasteiger partial charge in [0.25, 0.3) is 0 Å². The van der Waals surface area contributed by atoms with Gasteiger partial charge < -0.3 is 0 Å². The zero-order valence-corrected chi connectivity index (χ0v) is 12.3. The van der Waals surface area contributed by atoms with Crippen molar-refractivity contribution >= 4 is 0 Å². The van der Waals surface area contributed by atoms with Crippen molar-refractivity contribution in [2.24, 2.45) is 0 Å². The maximum absolute atomic E-state index is 8.49. The second-order valence-electron chi connectivity index (χ2n) is 4.85. The Labute approximate surface area is 124 Å². The maximum atomic E-state index is 8.49. The van der Waals surface area contributed by atoms with Crippen LogP contribution < -0.4 is 18.6 Å². The Hall–Kier alpha value is -1.50. The van der Waals surface area contributed by atoms with Gasteiger partial charge in [0.05, 0.1) is 17.5 Å². The number of hydrogen-bond donors (Lipinski definition) is 0. The number of fused-ring (bicyclic) bond motifs is 1. The van der Waals surface area contributed by atoms with Crippen LogP contribution in [0.3, 0.4) is 0 Å². The van der Waals surface area contributed by atoms with Crippen molar-refractivity contribution in [1.82, 2.24) is 0 Å². The van der Waals surface area contributed by atoms with E-state index in [2.05, 4.69) is 43.3 Å². The average molecular weight is 311 g/mol. The molecule has 0 saturated heterocycles. The van der Waals surface area contributed by atoms with Gasteiger partial charge in [-0.1, -0.05) is 17.7 Å². The fraction of sp³-hybridized carbons (Fsp3) is 0.267. The lowest BCUT2D eigenvalue weighted by atomic mass is 10.1. The van der Waals surface area contributed by atoms with Crippen LogP contribution >= 0.6 is 0 Å². The van der Waals surface area contributed by atoms with Crippen LogP contribution in [0.25, 0.3) is 11.3 Å². The first-order valence-electron chi connectivity index (χ1n) is 6.46. The Morgan fingerprint density at radius 1 is 0.905 bits per heavy atom. The topological polar surface area (TPSA) is 104 Å². The van der Waals surface area contributed by atoms with E-state index in [4.69, 9.17) is 23.1 Å². The van der Waals surface area contributed by atoms with Crippen LogP contribution in [0.2, 0.25) is 0 Å². The molecule has 21 heavy (non-hydrogen) atoms. The van der Waals surface area contributed by atoms with Crippen LogP contribution in [0, 0.1) is 17.2 Å². The number of benzene rings is 1. The van der Waals surface area contributed by atoms with Crippen molar-refractivity contribution in [2.75, 3.05) is 0 Å². The van der Waals surface area contributed by atoms with Crippen LogP contribution in [0.15, 0.2) is 40.8 Å². The third kappa shape index (κ3) is 5.08. The first-order chi connectivity index (χ1) is 9.83. The Balaban J connectivity index is 0.000000282. The first-order valence-corrected chi connectivity index (χ1v) is 7.70. The summed E-state index contributed by atoms with van der Waals surface area (Å²) in [5.41, 5.74) is 3.83. The van der Waals surface area contributed by atoms with Gasteiger partial charge in [0, 0.05) is 6.07 Å². The Bertz CT molecular complexity index is 598. The van der Waals surface area contributed by atoms with Gasteiger partial charge in [-0.15, -0.1) is 10.2 Å². The number of hydrogen-bond acceptors (Lipinski definition) is 4. The molecule has 0 spiro atoms. The largest absolute Gasteiger partial charge is 0.360 e. The molecule has 112 valence electrons. The summed E-state index contributed by atoms with van der Waals surface area (Å²) in [6, 6.07) is 12.8. The molecule has 0 fully saturated rings. The second-order valence-corrected chi connectivity index (χ2v) is 5.60.